The van der Waals surface area contributed by atoms with Crippen LogP contribution < -0.4 is 10.5 Å². The third-order valence-electron chi connectivity index (χ3n) is 3.97. The van der Waals surface area contributed by atoms with Crippen LogP contribution in [0.1, 0.15) is 34.1 Å². The third kappa shape index (κ3) is 4.86. The van der Waals surface area contributed by atoms with Gasteiger partial charge in [0.15, 0.2) is 5.13 Å². The maximum absolute atomic E-state index is 11.8. The van der Waals surface area contributed by atoms with Gasteiger partial charge in [-0.05, 0) is 55.3 Å². The molecule has 0 bridgehead atoms. The van der Waals surface area contributed by atoms with Gasteiger partial charge in [0.25, 0.3) is 0 Å². The van der Waals surface area contributed by atoms with E-state index in [4.69, 9.17) is 15.2 Å². The van der Waals surface area contributed by atoms with E-state index in [9.17, 15) is 4.79 Å². The van der Waals surface area contributed by atoms with Crippen LogP contribution >= 0.6 is 11.3 Å². The lowest BCUT2D eigenvalue weighted by atomic mass is 10.1. The van der Waals surface area contributed by atoms with Crippen molar-refractivity contribution in [3.8, 4) is 17.0 Å². The fourth-order valence-corrected chi connectivity index (χ4v) is 3.29. The molecule has 0 fully saturated rings. The number of nitrogen functional groups attached to an aromatic ring is 1. The Bertz CT molecular complexity index is 902. The van der Waals surface area contributed by atoms with Crippen molar-refractivity contribution >= 4 is 22.4 Å². The molecule has 0 radical (unpaired) electrons. The zero-order valence-corrected chi connectivity index (χ0v) is 16.2. The topological polar surface area (TPSA) is 74.4 Å². The van der Waals surface area contributed by atoms with E-state index in [-0.39, 0.29) is 5.97 Å². The van der Waals surface area contributed by atoms with Gasteiger partial charge in [0.2, 0.25) is 0 Å². The number of aromatic nitrogens is 1. The molecule has 27 heavy (non-hydrogen) atoms. The molecule has 2 aromatic carbocycles. The molecule has 3 rings (SSSR count). The molecule has 1 aromatic heterocycles. The Balaban J connectivity index is 1.58. The first-order valence-corrected chi connectivity index (χ1v) is 9.60. The number of rotatable bonds is 7. The summed E-state index contributed by atoms with van der Waals surface area (Å²) in [5, 5.41) is 0.574. The quantitative estimate of drug-likeness (QED) is 0.592. The number of esters is 1. The summed E-state index contributed by atoms with van der Waals surface area (Å²) in [7, 11) is 0. The van der Waals surface area contributed by atoms with Gasteiger partial charge in [-0.2, -0.15) is 0 Å². The van der Waals surface area contributed by atoms with Crippen LogP contribution in [-0.4, -0.2) is 17.6 Å². The van der Waals surface area contributed by atoms with Gasteiger partial charge in [0.1, 0.15) is 12.4 Å². The van der Waals surface area contributed by atoms with Crippen LogP contribution in [0.4, 0.5) is 5.13 Å². The maximum atomic E-state index is 11.8. The normalized spacial score (nSPS) is 10.6. The van der Waals surface area contributed by atoms with Crippen molar-refractivity contribution in [3.05, 3.63) is 64.5 Å². The average Bonchev–Trinajstić information content (AvgIpc) is 3.03. The van der Waals surface area contributed by atoms with Crippen LogP contribution in [0.3, 0.4) is 0 Å². The highest BCUT2D eigenvalue weighted by Crippen LogP contribution is 2.29. The fraction of sp³-hybridized carbons (Fsp3) is 0.238. The summed E-state index contributed by atoms with van der Waals surface area (Å²) in [5.41, 5.74) is 9.23. The van der Waals surface area contributed by atoms with Crippen molar-refractivity contribution in [3.63, 3.8) is 0 Å². The predicted octanol–water partition coefficient (Wildman–Crippen LogP) is 4.85. The second kappa shape index (κ2) is 8.68. The van der Waals surface area contributed by atoms with E-state index < -0.39 is 0 Å². The van der Waals surface area contributed by atoms with Crippen molar-refractivity contribution in [1.82, 2.24) is 4.98 Å². The van der Waals surface area contributed by atoms with Crippen LogP contribution in [0.2, 0.25) is 0 Å². The van der Waals surface area contributed by atoms with Crippen molar-refractivity contribution < 1.29 is 14.3 Å². The molecule has 0 amide bonds. The Labute approximate surface area is 162 Å². The summed E-state index contributed by atoms with van der Waals surface area (Å²) in [6.45, 7) is 4.84. The number of aryl methyl sites for hydroxylation is 1. The monoisotopic (exact) mass is 382 g/mol. The summed E-state index contributed by atoms with van der Waals surface area (Å²) < 4.78 is 10.9. The second-order valence-electron chi connectivity index (χ2n) is 6.10. The molecule has 0 saturated carbocycles. The van der Waals surface area contributed by atoms with E-state index in [2.05, 4.69) is 4.98 Å². The smallest absolute Gasteiger partial charge is 0.338 e. The highest BCUT2D eigenvalue weighted by molar-refractivity contribution is 7.15. The van der Waals surface area contributed by atoms with Crippen LogP contribution in [0.25, 0.3) is 11.3 Å². The molecule has 0 unspecified atom stereocenters. The number of nitrogens with two attached hydrogens (primary N) is 1. The minimum absolute atomic E-state index is 0.294. The number of anilines is 1. The molecule has 0 spiro atoms. The van der Waals surface area contributed by atoms with Crippen molar-refractivity contribution in [2.75, 3.05) is 12.3 Å². The summed E-state index contributed by atoms with van der Waals surface area (Å²) in [4.78, 5) is 17.3. The van der Waals surface area contributed by atoms with E-state index in [0.717, 1.165) is 33.9 Å². The van der Waals surface area contributed by atoms with Crippen LogP contribution in [0.5, 0.6) is 5.75 Å². The average molecular weight is 382 g/mol. The molecule has 2 N–H and O–H groups in total. The van der Waals surface area contributed by atoms with Crippen LogP contribution in [-0.2, 0) is 11.3 Å². The number of hydrogen-bond acceptors (Lipinski definition) is 6. The van der Waals surface area contributed by atoms with Gasteiger partial charge in [-0.3, -0.25) is 0 Å². The Morgan fingerprint density at radius 2 is 1.81 bits per heavy atom. The number of hydrogen-bond donors (Lipinski definition) is 1. The van der Waals surface area contributed by atoms with Crippen LogP contribution in [0.15, 0.2) is 48.5 Å². The van der Waals surface area contributed by atoms with Gasteiger partial charge < -0.3 is 15.2 Å². The second-order valence-corrected chi connectivity index (χ2v) is 7.34. The number of ether oxygens (including phenoxy) is 2. The molecular weight excluding hydrogens is 360 g/mol. The predicted molar refractivity (Wildman–Crippen MR) is 108 cm³/mol. The van der Waals surface area contributed by atoms with E-state index in [1.54, 1.807) is 12.1 Å². The first-order valence-electron chi connectivity index (χ1n) is 8.79. The largest absolute Gasteiger partial charge is 0.489 e. The molecule has 3 aromatic rings. The van der Waals surface area contributed by atoms with Gasteiger partial charge in [0, 0.05) is 10.4 Å². The lowest BCUT2D eigenvalue weighted by molar-refractivity contribution is 0.0505. The van der Waals surface area contributed by atoms with E-state index in [1.165, 1.54) is 11.3 Å². The van der Waals surface area contributed by atoms with Gasteiger partial charge >= 0.3 is 5.97 Å². The Morgan fingerprint density at radius 3 is 2.41 bits per heavy atom. The van der Waals surface area contributed by atoms with Gasteiger partial charge in [-0.1, -0.05) is 19.1 Å². The molecule has 0 saturated heterocycles. The standard InChI is InChI=1S/C21H22N2O3S/c1-3-12-25-20(24)17-6-4-15(5-7-17)13-26-18-10-8-16(9-11-18)19-14(2)27-21(22)23-19/h4-11H,3,12-13H2,1-2H3,(H2,22,23). The Kier molecular flexibility index (Phi) is 6.08. The summed E-state index contributed by atoms with van der Waals surface area (Å²) in [5.74, 6) is 0.476. The molecule has 6 heteroatoms. The molecule has 5 nitrogen and oxygen atoms in total. The van der Waals surface area contributed by atoms with Crippen molar-refractivity contribution in [2.24, 2.45) is 0 Å². The van der Waals surface area contributed by atoms with Gasteiger partial charge in [0.05, 0.1) is 17.9 Å². The lowest BCUT2D eigenvalue weighted by Crippen LogP contribution is -2.06. The van der Waals surface area contributed by atoms with E-state index >= 15 is 0 Å². The molecule has 0 atom stereocenters. The Hall–Kier alpha value is -2.86. The number of carbonyl (C=O) groups excluding carboxylic acids is 1. The van der Waals surface area contributed by atoms with Gasteiger partial charge in [-0.25, -0.2) is 9.78 Å². The van der Waals surface area contributed by atoms with E-state index in [1.807, 2.05) is 50.2 Å². The zero-order valence-electron chi connectivity index (χ0n) is 15.4. The highest BCUT2D eigenvalue weighted by atomic mass is 32.1. The summed E-state index contributed by atoms with van der Waals surface area (Å²) in [6.07, 6.45) is 0.811. The van der Waals surface area contributed by atoms with E-state index in [0.29, 0.717) is 23.9 Å². The van der Waals surface area contributed by atoms with Crippen molar-refractivity contribution in [2.45, 2.75) is 26.9 Å². The summed E-state index contributed by atoms with van der Waals surface area (Å²) >= 11 is 1.49. The molecule has 0 aliphatic heterocycles. The van der Waals surface area contributed by atoms with Crippen molar-refractivity contribution in [1.29, 1.82) is 0 Å². The van der Waals surface area contributed by atoms with Crippen LogP contribution in [0, 0.1) is 6.92 Å². The number of benzene rings is 2. The fourth-order valence-electron chi connectivity index (χ4n) is 2.58. The molecule has 0 aliphatic carbocycles. The first-order chi connectivity index (χ1) is 13.1. The summed E-state index contributed by atoms with van der Waals surface area (Å²) in [6, 6.07) is 15.1. The molecular formula is C21H22N2O3S. The number of thiazole rings is 1. The zero-order chi connectivity index (χ0) is 19.2. The number of carbonyl (C=O) groups is 1. The molecule has 140 valence electrons. The van der Waals surface area contributed by atoms with Gasteiger partial charge in [-0.15, -0.1) is 11.3 Å². The first kappa shape index (κ1) is 18.9. The molecule has 0 aliphatic rings. The maximum Gasteiger partial charge on any atom is 0.338 e. The SMILES string of the molecule is CCCOC(=O)c1ccc(COc2ccc(-c3nc(N)sc3C)cc2)cc1. The third-order valence-corrected chi connectivity index (χ3v) is 4.77. The lowest BCUT2D eigenvalue weighted by Gasteiger charge is -2.08. The Morgan fingerprint density at radius 1 is 1.11 bits per heavy atom. The molecule has 1 heterocycles. The minimum Gasteiger partial charge on any atom is -0.489 e. The minimum atomic E-state index is -0.294. The highest BCUT2D eigenvalue weighted by Gasteiger charge is 2.09. The number of nitrogens with zero attached hydrogens (tertiary/aromatic N) is 1.